The van der Waals surface area contributed by atoms with Crippen molar-refractivity contribution in [2.75, 3.05) is 12.4 Å². The highest BCUT2D eigenvalue weighted by Gasteiger charge is 2.41. The van der Waals surface area contributed by atoms with Gasteiger partial charge in [0, 0.05) is 5.69 Å². The highest BCUT2D eigenvalue weighted by Crippen LogP contribution is 2.16. The van der Waals surface area contributed by atoms with Gasteiger partial charge in [-0.3, -0.25) is 0 Å². The van der Waals surface area contributed by atoms with Crippen molar-refractivity contribution in [2.45, 2.75) is 6.18 Å². The Morgan fingerprint density at radius 2 is 1.74 bits per heavy atom. The van der Waals surface area contributed by atoms with E-state index in [1.54, 1.807) is 0 Å². The Morgan fingerprint density at radius 1 is 1.16 bits per heavy atom. The maximum absolute atomic E-state index is 11.7. The third kappa shape index (κ3) is 4.74. The first-order chi connectivity index (χ1) is 8.82. The van der Waals surface area contributed by atoms with Crippen LogP contribution in [-0.2, 0) is 9.63 Å². The molecule has 2 amide bonds. The zero-order chi connectivity index (χ0) is 14.5. The standard InChI is InChI=1S/C10H9F3N2O4/c1-18-7-4-2-6(3-5-7)14-9(17)15-19-8(16)10(11,12)13/h2-5H,1H3,(H2,14,15,17). The number of alkyl halides is 3. The summed E-state index contributed by atoms with van der Waals surface area (Å²) in [5.74, 6) is -1.98. The summed E-state index contributed by atoms with van der Waals surface area (Å²) in [5, 5.41) is 2.15. The Bertz CT molecular complexity index is 459. The number of nitrogens with one attached hydrogen (secondary N) is 2. The van der Waals surface area contributed by atoms with E-state index in [-0.39, 0.29) is 5.69 Å². The van der Waals surface area contributed by atoms with Gasteiger partial charge in [-0.25, -0.2) is 9.59 Å². The zero-order valence-corrected chi connectivity index (χ0v) is 9.58. The van der Waals surface area contributed by atoms with Crippen molar-refractivity contribution in [3.05, 3.63) is 24.3 Å². The Morgan fingerprint density at radius 3 is 2.21 bits per heavy atom. The van der Waals surface area contributed by atoms with E-state index in [0.29, 0.717) is 5.75 Å². The maximum atomic E-state index is 11.7. The summed E-state index contributed by atoms with van der Waals surface area (Å²) in [5.41, 5.74) is 1.59. The predicted octanol–water partition coefficient (Wildman–Crippen LogP) is 1.84. The van der Waals surface area contributed by atoms with Gasteiger partial charge < -0.3 is 14.9 Å². The summed E-state index contributed by atoms with van der Waals surface area (Å²) in [6.45, 7) is 0. The summed E-state index contributed by atoms with van der Waals surface area (Å²) in [4.78, 5) is 24.9. The molecule has 0 saturated heterocycles. The molecule has 2 N–H and O–H groups in total. The molecule has 1 rings (SSSR count). The van der Waals surface area contributed by atoms with E-state index in [9.17, 15) is 22.8 Å². The Labute approximate surface area is 105 Å². The van der Waals surface area contributed by atoms with E-state index in [1.165, 1.54) is 36.9 Å². The molecule has 6 nitrogen and oxygen atoms in total. The lowest BCUT2D eigenvalue weighted by Crippen LogP contribution is -2.36. The van der Waals surface area contributed by atoms with Crippen LogP contribution in [0.5, 0.6) is 5.75 Å². The maximum Gasteiger partial charge on any atom is 0.493 e. The number of ether oxygens (including phenoxy) is 1. The fourth-order valence-electron chi connectivity index (χ4n) is 0.982. The Balaban J connectivity index is 2.45. The molecule has 0 saturated carbocycles. The predicted molar refractivity (Wildman–Crippen MR) is 57.3 cm³/mol. The normalized spacial score (nSPS) is 10.5. The van der Waals surface area contributed by atoms with Gasteiger partial charge in [-0.15, -0.1) is 0 Å². The minimum absolute atomic E-state index is 0.279. The number of urea groups is 1. The summed E-state index contributed by atoms with van der Waals surface area (Å²) in [7, 11) is 1.45. The molecule has 0 spiro atoms. The van der Waals surface area contributed by atoms with Gasteiger partial charge in [0.05, 0.1) is 7.11 Å². The van der Waals surface area contributed by atoms with Crippen LogP contribution in [-0.4, -0.2) is 25.3 Å². The summed E-state index contributed by atoms with van der Waals surface area (Å²) >= 11 is 0. The van der Waals surface area contributed by atoms with E-state index in [2.05, 4.69) is 10.2 Å². The molecule has 104 valence electrons. The third-order valence-corrected chi connectivity index (χ3v) is 1.82. The summed E-state index contributed by atoms with van der Waals surface area (Å²) in [6, 6.07) is 4.82. The van der Waals surface area contributed by atoms with Gasteiger partial charge in [0.1, 0.15) is 5.75 Å². The van der Waals surface area contributed by atoms with Crippen LogP contribution >= 0.6 is 0 Å². The Hall–Kier alpha value is -2.45. The molecule has 0 aromatic heterocycles. The number of halogens is 3. The van der Waals surface area contributed by atoms with Gasteiger partial charge in [0.2, 0.25) is 0 Å². The molecule has 1 aromatic rings. The average Bonchev–Trinajstić information content (AvgIpc) is 2.35. The molecule has 0 heterocycles. The Kier molecular flexibility index (Phi) is 4.56. The van der Waals surface area contributed by atoms with Crippen molar-refractivity contribution < 1.29 is 32.3 Å². The van der Waals surface area contributed by atoms with Crippen LogP contribution in [0.15, 0.2) is 24.3 Å². The van der Waals surface area contributed by atoms with Crippen molar-refractivity contribution in [1.29, 1.82) is 0 Å². The molecule has 1 aromatic carbocycles. The van der Waals surface area contributed by atoms with Gasteiger partial charge in [-0.05, 0) is 24.3 Å². The number of hydrogen-bond donors (Lipinski definition) is 2. The van der Waals surface area contributed by atoms with E-state index >= 15 is 0 Å². The van der Waals surface area contributed by atoms with Crippen LogP contribution in [0.25, 0.3) is 0 Å². The first kappa shape index (κ1) is 14.6. The fraction of sp³-hybridized carbons (Fsp3) is 0.200. The van der Waals surface area contributed by atoms with Gasteiger partial charge in [0.25, 0.3) is 0 Å². The smallest absolute Gasteiger partial charge is 0.493 e. The molecule has 0 radical (unpaired) electrons. The second-order valence-corrected chi connectivity index (χ2v) is 3.17. The number of hydroxylamine groups is 1. The second kappa shape index (κ2) is 5.94. The molecule has 9 heteroatoms. The number of carbonyl (C=O) groups is 2. The summed E-state index contributed by atoms with van der Waals surface area (Å²) < 4.78 is 40.1. The molecule has 19 heavy (non-hydrogen) atoms. The third-order valence-electron chi connectivity index (χ3n) is 1.82. The number of hydrogen-bond acceptors (Lipinski definition) is 4. The van der Waals surface area contributed by atoms with Crippen LogP contribution in [0.2, 0.25) is 0 Å². The largest absolute Gasteiger partial charge is 0.497 e. The first-order valence-electron chi connectivity index (χ1n) is 4.82. The lowest BCUT2D eigenvalue weighted by Gasteiger charge is -2.09. The van der Waals surface area contributed by atoms with Gasteiger partial charge in [0.15, 0.2) is 0 Å². The number of anilines is 1. The van der Waals surface area contributed by atoms with E-state index in [0.717, 1.165) is 0 Å². The summed E-state index contributed by atoms with van der Waals surface area (Å²) in [6.07, 6.45) is -5.17. The lowest BCUT2D eigenvalue weighted by molar-refractivity contribution is -0.204. The van der Waals surface area contributed by atoms with Crippen LogP contribution in [0.1, 0.15) is 0 Å². The van der Waals surface area contributed by atoms with Crippen LogP contribution in [0.3, 0.4) is 0 Å². The van der Waals surface area contributed by atoms with E-state index in [4.69, 9.17) is 4.74 Å². The minimum Gasteiger partial charge on any atom is -0.497 e. The van der Waals surface area contributed by atoms with Gasteiger partial charge >= 0.3 is 18.2 Å². The quantitative estimate of drug-likeness (QED) is 0.809. The van der Waals surface area contributed by atoms with Crippen LogP contribution < -0.4 is 15.5 Å². The number of rotatable bonds is 2. The molecule has 0 aliphatic rings. The molecule has 0 aliphatic heterocycles. The fourth-order valence-corrected chi connectivity index (χ4v) is 0.982. The average molecular weight is 278 g/mol. The van der Waals surface area contributed by atoms with Gasteiger partial charge in [-0.2, -0.15) is 18.7 Å². The molecule has 0 atom stereocenters. The van der Waals surface area contributed by atoms with Crippen molar-refractivity contribution >= 4 is 17.7 Å². The highest BCUT2D eigenvalue weighted by molar-refractivity contribution is 5.89. The first-order valence-corrected chi connectivity index (χ1v) is 4.82. The number of carbonyl (C=O) groups excluding carboxylic acids is 2. The van der Waals surface area contributed by atoms with Crippen molar-refractivity contribution in [1.82, 2.24) is 5.48 Å². The van der Waals surface area contributed by atoms with Gasteiger partial charge in [-0.1, -0.05) is 0 Å². The topological polar surface area (TPSA) is 76.7 Å². The lowest BCUT2D eigenvalue weighted by atomic mass is 10.3. The van der Waals surface area contributed by atoms with Crippen molar-refractivity contribution in [3.8, 4) is 5.75 Å². The number of benzene rings is 1. The minimum atomic E-state index is -5.17. The monoisotopic (exact) mass is 278 g/mol. The molecular formula is C10H9F3N2O4. The highest BCUT2D eigenvalue weighted by atomic mass is 19.4. The number of amides is 2. The molecular weight excluding hydrogens is 269 g/mol. The molecule has 0 aliphatic carbocycles. The van der Waals surface area contributed by atoms with E-state index < -0.39 is 18.2 Å². The van der Waals surface area contributed by atoms with E-state index in [1.807, 2.05) is 0 Å². The SMILES string of the molecule is COc1ccc(NC(=O)NOC(=O)C(F)(F)F)cc1. The van der Waals surface area contributed by atoms with Crippen LogP contribution in [0.4, 0.5) is 23.7 Å². The zero-order valence-electron chi connectivity index (χ0n) is 9.58. The van der Waals surface area contributed by atoms with Crippen molar-refractivity contribution in [2.24, 2.45) is 0 Å². The second-order valence-electron chi connectivity index (χ2n) is 3.17. The molecule has 0 unspecified atom stereocenters. The molecule has 0 fully saturated rings. The van der Waals surface area contributed by atoms with Crippen molar-refractivity contribution in [3.63, 3.8) is 0 Å². The number of methoxy groups -OCH3 is 1. The van der Waals surface area contributed by atoms with Crippen LogP contribution in [0, 0.1) is 0 Å². The molecule has 0 bridgehead atoms.